The third-order valence-electron chi connectivity index (χ3n) is 6.41. The van der Waals surface area contributed by atoms with Gasteiger partial charge in [0.2, 0.25) is 19.5 Å². The number of aromatic nitrogens is 2. The van der Waals surface area contributed by atoms with E-state index in [-0.39, 0.29) is 31.5 Å². The van der Waals surface area contributed by atoms with Crippen LogP contribution in [0.2, 0.25) is 5.02 Å². The van der Waals surface area contributed by atoms with Gasteiger partial charge in [0.05, 0.1) is 10.9 Å². The van der Waals surface area contributed by atoms with E-state index in [0.29, 0.717) is 69.3 Å². The van der Waals surface area contributed by atoms with Gasteiger partial charge in [0.1, 0.15) is 0 Å². The number of nitrogens with one attached hydrogen (secondary N) is 1. The van der Waals surface area contributed by atoms with Crippen molar-refractivity contribution in [3.05, 3.63) is 81.1 Å². The van der Waals surface area contributed by atoms with Crippen molar-refractivity contribution in [1.29, 1.82) is 0 Å². The zero-order valence-electron chi connectivity index (χ0n) is 20.8. The van der Waals surface area contributed by atoms with Gasteiger partial charge in [-0.2, -0.15) is 0 Å². The molecule has 3 aromatic carbocycles. The van der Waals surface area contributed by atoms with Crippen molar-refractivity contribution in [3.8, 4) is 23.0 Å². The average molecular weight is 566 g/mol. The van der Waals surface area contributed by atoms with Crippen LogP contribution < -0.4 is 29.8 Å². The highest BCUT2D eigenvalue weighted by Gasteiger charge is 2.20. The molecule has 9 nitrogen and oxygen atoms in total. The van der Waals surface area contributed by atoms with E-state index in [9.17, 15) is 9.59 Å². The van der Waals surface area contributed by atoms with Crippen LogP contribution in [-0.2, 0) is 23.6 Å². The first-order valence-corrected chi connectivity index (χ1v) is 13.8. The normalized spacial score (nSPS) is 13.2. The number of halogens is 1. The quantitative estimate of drug-likeness (QED) is 0.226. The number of amides is 1. The van der Waals surface area contributed by atoms with Crippen molar-refractivity contribution < 1.29 is 23.7 Å². The number of hydrogen-bond acceptors (Lipinski definition) is 8. The molecule has 39 heavy (non-hydrogen) atoms. The van der Waals surface area contributed by atoms with Gasteiger partial charge in [-0.05, 0) is 47.9 Å². The van der Waals surface area contributed by atoms with Gasteiger partial charge >= 0.3 is 0 Å². The molecule has 0 atom stereocenters. The minimum Gasteiger partial charge on any atom is -0.454 e. The van der Waals surface area contributed by atoms with Gasteiger partial charge in [0, 0.05) is 36.4 Å². The van der Waals surface area contributed by atoms with E-state index in [1.54, 1.807) is 16.7 Å². The molecule has 0 saturated carbocycles. The van der Waals surface area contributed by atoms with Crippen LogP contribution in [0, 0.1) is 0 Å². The minimum absolute atomic E-state index is 0.104. The fraction of sp³-hybridized carbons (Fsp3) is 0.250. The fourth-order valence-corrected chi connectivity index (χ4v) is 5.47. The van der Waals surface area contributed by atoms with Crippen LogP contribution in [0.3, 0.4) is 0 Å². The van der Waals surface area contributed by atoms with Gasteiger partial charge in [0.25, 0.3) is 5.56 Å². The van der Waals surface area contributed by atoms with Crippen LogP contribution in [0.15, 0.2) is 64.5 Å². The van der Waals surface area contributed by atoms with Crippen molar-refractivity contribution in [2.75, 3.05) is 13.6 Å². The predicted octanol–water partition coefficient (Wildman–Crippen LogP) is 4.90. The number of benzene rings is 3. The molecule has 4 aromatic rings. The average Bonchev–Trinajstić information content (AvgIpc) is 3.61. The maximum atomic E-state index is 13.6. The zero-order valence-corrected chi connectivity index (χ0v) is 22.3. The van der Waals surface area contributed by atoms with Crippen LogP contribution in [0.5, 0.6) is 23.0 Å². The lowest BCUT2D eigenvalue weighted by atomic mass is 10.2. The lowest BCUT2D eigenvalue weighted by molar-refractivity contribution is -0.121. The molecule has 0 radical (unpaired) electrons. The molecule has 0 fully saturated rings. The van der Waals surface area contributed by atoms with Crippen LogP contribution in [-0.4, -0.2) is 29.0 Å². The molecule has 0 saturated heterocycles. The zero-order chi connectivity index (χ0) is 26.8. The van der Waals surface area contributed by atoms with Crippen LogP contribution in [0.25, 0.3) is 10.9 Å². The first-order chi connectivity index (χ1) is 19.0. The van der Waals surface area contributed by atoms with Crippen molar-refractivity contribution >= 4 is 40.2 Å². The number of nitrogens with zero attached hydrogens (tertiary/aromatic N) is 2. The molecule has 200 valence electrons. The molecule has 0 aliphatic carbocycles. The summed E-state index contributed by atoms with van der Waals surface area (Å²) in [6, 6.07) is 16.6. The summed E-state index contributed by atoms with van der Waals surface area (Å²) in [6.07, 6.45) is 0.733. The fourth-order valence-electron chi connectivity index (χ4n) is 4.36. The molecule has 2 aliphatic rings. The topological polar surface area (TPSA) is 101 Å². The standard InChI is InChI=1S/C28H24ClN3O6S/c29-19-6-3-17(4-7-19)14-39-28-31-21-12-25-24(37-16-38-25)11-20(21)27(34)32(28)9-1-2-26(33)30-13-18-5-8-22-23(10-18)36-15-35-22/h3-8,10-12H,1-2,9,13-16H2,(H,30,33). The third-order valence-corrected chi connectivity index (χ3v) is 7.71. The second kappa shape index (κ2) is 11.1. The van der Waals surface area contributed by atoms with Crippen LogP contribution in [0.1, 0.15) is 24.0 Å². The molecule has 6 rings (SSSR count). The lowest BCUT2D eigenvalue weighted by Crippen LogP contribution is -2.26. The van der Waals surface area contributed by atoms with E-state index < -0.39 is 0 Å². The summed E-state index contributed by atoms with van der Waals surface area (Å²) < 4.78 is 23.3. The Morgan fingerprint density at radius 1 is 0.923 bits per heavy atom. The molecule has 1 amide bonds. The molecule has 3 heterocycles. The summed E-state index contributed by atoms with van der Waals surface area (Å²) in [4.78, 5) is 30.9. The maximum Gasteiger partial charge on any atom is 0.262 e. The number of thioether (sulfide) groups is 1. The summed E-state index contributed by atoms with van der Waals surface area (Å²) in [5.41, 5.74) is 2.33. The number of ether oxygens (including phenoxy) is 4. The largest absolute Gasteiger partial charge is 0.454 e. The molecule has 1 aromatic heterocycles. The Kier molecular flexibility index (Phi) is 7.21. The van der Waals surface area contributed by atoms with Gasteiger partial charge in [-0.25, -0.2) is 4.98 Å². The van der Waals surface area contributed by atoms with Gasteiger partial charge in [-0.1, -0.05) is 41.6 Å². The predicted molar refractivity (Wildman–Crippen MR) is 147 cm³/mol. The number of carbonyl (C=O) groups excluding carboxylic acids is 1. The van der Waals surface area contributed by atoms with Crippen LogP contribution >= 0.6 is 23.4 Å². The Bertz CT molecular complexity index is 1610. The van der Waals surface area contributed by atoms with Gasteiger partial charge < -0.3 is 24.3 Å². The Balaban J connectivity index is 1.16. The van der Waals surface area contributed by atoms with Crippen molar-refractivity contribution in [1.82, 2.24) is 14.9 Å². The second-order valence-corrected chi connectivity index (χ2v) is 10.4. The summed E-state index contributed by atoms with van der Waals surface area (Å²) >= 11 is 7.48. The molecular weight excluding hydrogens is 542 g/mol. The molecule has 0 spiro atoms. The number of rotatable bonds is 9. The Hall–Kier alpha value is -3.89. The molecule has 1 N–H and O–H groups in total. The number of carbonyl (C=O) groups is 1. The van der Waals surface area contributed by atoms with Gasteiger partial charge in [-0.3, -0.25) is 14.2 Å². The highest BCUT2D eigenvalue weighted by Crippen LogP contribution is 2.35. The Morgan fingerprint density at radius 2 is 1.62 bits per heavy atom. The van der Waals surface area contributed by atoms with E-state index >= 15 is 0 Å². The van der Waals surface area contributed by atoms with E-state index in [0.717, 1.165) is 11.1 Å². The third kappa shape index (κ3) is 5.62. The first kappa shape index (κ1) is 25.4. The second-order valence-electron chi connectivity index (χ2n) is 9.06. The van der Waals surface area contributed by atoms with Crippen molar-refractivity contribution in [2.45, 2.75) is 36.8 Å². The first-order valence-electron chi connectivity index (χ1n) is 12.4. The van der Waals surface area contributed by atoms with Crippen LogP contribution in [0.4, 0.5) is 0 Å². The summed E-state index contributed by atoms with van der Waals surface area (Å²) in [5, 5.41) is 4.61. The molecule has 0 unspecified atom stereocenters. The highest BCUT2D eigenvalue weighted by atomic mass is 35.5. The van der Waals surface area contributed by atoms with Gasteiger partial charge in [0.15, 0.2) is 28.2 Å². The summed E-state index contributed by atoms with van der Waals surface area (Å²) in [7, 11) is 0. The van der Waals surface area contributed by atoms with Gasteiger partial charge in [-0.15, -0.1) is 0 Å². The highest BCUT2D eigenvalue weighted by molar-refractivity contribution is 7.98. The Labute approximate surface area is 233 Å². The molecular formula is C28H24ClN3O6S. The lowest BCUT2D eigenvalue weighted by Gasteiger charge is -2.14. The van der Waals surface area contributed by atoms with E-state index in [2.05, 4.69) is 5.32 Å². The summed E-state index contributed by atoms with van der Waals surface area (Å²) in [5.74, 6) is 2.98. The maximum absolute atomic E-state index is 13.6. The number of hydrogen-bond donors (Lipinski definition) is 1. The molecule has 11 heteroatoms. The molecule has 2 aliphatic heterocycles. The SMILES string of the molecule is O=C(CCCn1c(SCc2ccc(Cl)cc2)nc2cc3c(cc2c1=O)OCO3)NCc1ccc2c(c1)OCO2. The number of fused-ring (bicyclic) bond motifs is 3. The summed E-state index contributed by atoms with van der Waals surface area (Å²) in [6.45, 7) is 1.04. The van der Waals surface area contributed by atoms with Crippen molar-refractivity contribution in [3.63, 3.8) is 0 Å². The van der Waals surface area contributed by atoms with E-state index in [4.69, 9.17) is 35.5 Å². The van der Waals surface area contributed by atoms with E-state index in [1.165, 1.54) is 11.8 Å². The van der Waals surface area contributed by atoms with Crippen molar-refractivity contribution in [2.24, 2.45) is 0 Å². The Morgan fingerprint density at radius 3 is 2.41 bits per heavy atom. The minimum atomic E-state index is -0.183. The van der Waals surface area contributed by atoms with E-state index in [1.807, 2.05) is 42.5 Å². The monoisotopic (exact) mass is 565 g/mol. The molecule has 0 bridgehead atoms. The smallest absolute Gasteiger partial charge is 0.262 e.